The summed E-state index contributed by atoms with van der Waals surface area (Å²) in [4.78, 5) is 71.2. The van der Waals surface area contributed by atoms with E-state index in [0.29, 0.717) is 30.4 Å². The van der Waals surface area contributed by atoms with E-state index in [-0.39, 0.29) is 48.1 Å². The molecule has 1 aromatic heterocycles. The molecular weight excluding hydrogens is 765 g/mol. The van der Waals surface area contributed by atoms with Gasteiger partial charge < -0.3 is 25.0 Å². The topological polar surface area (TPSA) is 181 Å². The summed E-state index contributed by atoms with van der Waals surface area (Å²) < 4.78 is 53.9. The lowest BCUT2D eigenvalue weighted by molar-refractivity contribution is -0.141. The molecule has 0 unspecified atom stereocenters. The molecule has 18 heteroatoms. The van der Waals surface area contributed by atoms with E-state index in [1.54, 1.807) is 39.0 Å². The number of amides is 5. The Kier molecular flexibility index (Phi) is 11.3. The number of thiophene rings is 1. The number of sulfonamides is 1. The number of halogens is 2. The number of rotatable bonds is 5. The molecule has 1 aromatic carbocycles. The third kappa shape index (κ3) is 8.84. The van der Waals surface area contributed by atoms with Gasteiger partial charge in [-0.1, -0.05) is 48.7 Å². The zero-order chi connectivity index (χ0) is 39.0. The Bertz CT molecular complexity index is 1970. The Balaban J connectivity index is 1.26. The summed E-state index contributed by atoms with van der Waals surface area (Å²) in [6, 6.07) is 3.40. The summed E-state index contributed by atoms with van der Waals surface area (Å²) in [7, 11) is -4.34. The van der Waals surface area contributed by atoms with E-state index in [1.807, 2.05) is 6.08 Å². The second kappa shape index (κ2) is 15.5. The van der Waals surface area contributed by atoms with Crippen LogP contribution in [-0.4, -0.2) is 84.0 Å². The van der Waals surface area contributed by atoms with Crippen molar-refractivity contribution in [2.24, 2.45) is 5.92 Å². The van der Waals surface area contributed by atoms with Crippen LogP contribution in [0.15, 0.2) is 46.0 Å². The zero-order valence-electron chi connectivity index (χ0n) is 30.1. The van der Waals surface area contributed by atoms with Crippen molar-refractivity contribution in [3.05, 3.63) is 63.8 Å². The first-order chi connectivity index (χ1) is 25.5. The molecule has 3 N–H and O–H groups in total. The highest BCUT2D eigenvalue weighted by Crippen LogP contribution is 2.46. The number of carbonyl (C=O) groups is 5. The molecule has 3 aliphatic heterocycles. The first kappa shape index (κ1) is 39.5. The minimum absolute atomic E-state index is 0.0187. The summed E-state index contributed by atoms with van der Waals surface area (Å²) in [5.74, 6) is -3.34. The Morgan fingerprint density at radius 3 is 2.61 bits per heavy atom. The Labute approximate surface area is 321 Å². The van der Waals surface area contributed by atoms with Gasteiger partial charge in [0, 0.05) is 29.8 Å². The number of fused-ring (bicyclic) bond motifs is 3. The highest BCUT2D eigenvalue weighted by atomic mass is 35.5. The van der Waals surface area contributed by atoms with E-state index >= 15 is 0 Å². The van der Waals surface area contributed by atoms with Crippen molar-refractivity contribution in [3.63, 3.8) is 0 Å². The van der Waals surface area contributed by atoms with Gasteiger partial charge in [-0.2, -0.15) is 0 Å². The fourth-order valence-electron chi connectivity index (χ4n) is 7.04. The first-order valence-electron chi connectivity index (χ1n) is 17.8. The lowest BCUT2D eigenvalue weighted by atomic mass is 10.0. The lowest BCUT2D eigenvalue weighted by Crippen LogP contribution is -2.58. The first-order valence-corrected chi connectivity index (χ1v) is 20.5. The monoisotopic (exact) mass is 807 g/mol. The standard InChI is InChI=1S/C36H43ClFN5O9S2/c1-35(2,3)52-33(47)39-27-13-8-6-4-5-7-11-22-16-36(22,32(46)41-54(49,50)29-14-23(37)20-53-29)40-30(44)28-15-24(18-43(28)31(27)45)51-34(48)42-17-21-10-9-12-26(38)25(21)19-42/h7,9-12,14,20,22,24,27-28H,4-6,8,13,15-19H2,1-3H3,(H,39,47)(H,40,44)(H,41,46)/b11-7-/t22-,24-,27+,28+,36-/m1/s1. The van der Waals surface area contributed by atoms with E-state index in [1.165, 1.54) is 27.3 Å². The molecule has 1 saturated carbocycles. The van der Waals surface area contributed by atoms with Crippen LogP contribution in [0.5, 0.6) is 0 Å². The number of alkyl carbamates (subject to hydrolysis) is 1. The van der Waals surface area contributed by atoms with E-state index < -0.39 is 81.0 Å². The Hall–Kier alpha value is -4.22. The van der Waals surface area contributed by atoms with Gasteiger partial charge in [0.1, 0.15) is 39.4 Å². The molecule has 0 spiro atoms. The van der Waals surface area contributed by atoms with Gasteiger partial charge in [-0.3, -0.25) is 19.3 Å². The molecule has 292 valence electrons. The lowest BCUT2D eigenvalue weighted by Gasteiger charge is -2.30. The summed E-state index contributed by atoms with van der Waals surface area (Å²) in [5, 5.41) is 7.01. The van der Waals surface area contributed by atoms with Crippen molar-refractivity contribution < 1.29 is 46.3 Å². The van der Waals surface area contributed by atoms with Gasteiger partial charge in [0.2, 0.25) is 11.8 Å². The molecule has 4 aliphatic rings. The maximum absolute atomic E-state index is 14.4. The number of benzene rings is 1. The van der Waals surface area contributed by atoms with Crippen LogP contribution in [0.25, 0.3) is 0 Å². The molecule has 14 nitrogen and oxygen atoms in total. The van der Waals surface area contributed by atoms with Crippen molar-refractivity contribution in [2.45, 2.75) is 112 Å². The maximum atomic E-state index is 14.4. The molecule has 2 fully saturated rings. The molecule has 1 saturated heterocycles. The van der Waals surface area contributed by atoms with Crippen LogP contribution in [0.3, 0.4) is 0 Å². The van der Waals surface area contributed by atoms with Crippen LogP contribution in [0, 0.1) is 11.7 Å². The van der Waals surface area contributed by atoms with Gasteiger partial charge in [-0.25, -0.2) is 27.1 Å². The van der Waals surface area contributed by atoms with Crippen LogP contribution >= 0.6 is 22.9 Å². The van der Waals surface area contributed by atoms with Crippen molar-refractivity contribution >= 4 is 62.9 Å². The fraction of sp³-hybridized carbons (Fsp3) is 0.528. The predicted molar refractivity (Wildman–Crippen MR) is 195 cm³/mol. The minimum atomic E-state index is -4.34. The number of hydrogen-bond acceptors (Lipinski definition) is 10. The maximum Gasteiger partial charge on any atom is 0.410 e. The van der Waals surface area contributed by atoms with Crippen molar-refractivity contribution in [1.82, 2.24) is 25.2 Å². The molecule has 4 heterocycles. The van der Waals surface area contributed by atoms with Gasteiger partial charge >= 0.3 is 12.2 Å². The van der Waals surface area contributed by atoms with Gasteiger partial charge in [-0.15, -0.1) is 11.3 Å². The van der Waals surface area contributed by atoms with Crippen LogP contribution in [-0.2, 0) is 47.0 Å². The van der Waals surface area contributed by atoms with E-state index in [2.05, 4.69) is 15.4 Å². The predicted octanol–water partition coefficient (Wildman–Crippen LogP) is 4.76. The second-order valence-corrected chi connectivity index (χ2v) is 18.3. The van der Waals surface area contributed by atoms with Crippen molar-refractivity contribution in [2.75, 3.05) is 6.54 Å². The second-order valence-electron chi connectivity index (χ2n) is 15.0. The highest BCUT2D eigenvalue weighted by molar-refractivity contribution is 7.92. The molecular formula is C36H43ClFN5O9S2. The number of nitrogens with one attached hydrogen (secondary N) is 3. The number of hydrogen-bond donors (Lipinski definition) is 3. The third-order valence-electron chi connectivity index (χ3n) is 9.82. The SMILES string of the molecule is CC(C)(C)OC(=O)N[C@H]1CCCCC/C=C\[C@@H]2C[C@@]2(C(=O)NS(=O)(=O)c2cc(Cl)cs2)NC(=O)[C@@H]2C[C@@H](OC(=O)N3Cc4cccc(F)c4C3)CN2C1=O. The van der Waals surface area contributed by atoms with Gasteiger partial charge in [-0.05, 0) is 64.2 Å². The minimum Gasteiger partial charge on any atom is -0.444 e. The normalized spacial score (nSPS) is 26.6. The van der Waals surface area contributed by atoms with Crippen molar-refractivity contribution in [1.29, 1.82) is 0 Å². The summed E-state index contributed by atoms with van der Waals surface area (Å²) in [6.45, 7) is 4.92. The zero-order valence-corrected chi connectivity index (χ0v) is 32.5. The third-order valence-corrected chi connectivity index (χ3v) is 12.9. The van der Waals surface area contributed by atoms with E-state index in [9.17, 15) is 36.8 Å². The molecule has 54 heavy (non-hydrogen) atoms. The van der Waals surface area contributed by atoms with Gasteiger partial charge in [0.25, 0.3) is 15.9 Å². The molecule has 5 atom stereocenters. The summed E-state index contributed by atoms with van der Waals surface area (Å²) in [6.07, 6.45) is 3.83. The van der Waals surface area contributed by atoms with Crippen LogP contribution < -0.4 is 15.4 Å². The molecule has 0 radical (unpaired) electrons. The molecule has 6 rings (SSSR count). The quantitative estimate of drug-likeness (QED) is 0.359. The van der Waals surface area contributed by atoms with Crippen LogP contribution in [0.2, 0.25) is 5.02 Å². The average Bonchev–Trinajstić information content (AvgIpc) is 3.46. The number of nitrogens with zero attached hydrogens (tertiary/aromatic N) is 2. The number of carbonyl (C=O) groups excluding carboxylic acids is 5. The smallest absolute Gasteiger partial charge is 0.410 e. The number of allylic oxidation sites excluding steroid dienone is 1. The Morgan fingerprint density at radius 2 is 1.91 bits per heavy atom. The van der Waals surface area contributed by atoms with Gasteiger partial charge in [0.05, 0.1) is 18.1 Å². The highest BCUT2D eigenvalue weighted by Gasteiger charge is 2.62. The molecule has 1 aliphatic carbocycles. The van der Waals surface area contributed by atoms with Crippen LogP contribution in [0.4, 0.5) is 14.0 Å². The summed E-state index contributed by atoms with van der Waals surface area (Å²) in [5.41, 5.74) is -1.51. The van der Waals surface area contributed by atoms with Crippen molar-refractivity contribution in [3.8, 4) is 0 Å². The summed E-state index contributed by atoms with van der Waals surface area (Å²) >= 11 is 6.77. The largest absolute Gasteiger partial charge is 0.444 e. The Morgan fingerprint density at radius 1 is 1.13 bits per heavy atom. The van der Waals surface area contributed by atoms with Gasteiger partial charge in [0.15, 0.2) is 0 Å². The number of ether oxygens (including phenoxy) is 2. The van der Waals surface area contributed by atoms with E-state index in [0.717, 1.165) is 17.8 Å². The molecule has 5 amide bonds. The average molecular weight is 808 g/mol. The fourth-order valence-corrected chi connectivity index (χ4v) is 9.49. The molecule has 0 bridgehead atoms. The molecule has 2 aromatic rings. The van der Waals surface area contributed by atoms with Crippen LogP contribution in [0.1, 0.15) is 76.8 Å². The van der Waals surface area contributed by atoms with E-state index in [4.69, 9.17) is 21.1 Å².